The lowest BCUT2D eigenvalue weighted by Gasteiger charge is -2.45. The quantitative estimate of drug-likeness (QED) is 0.738. The molecule has 22 heavy (non-hydrogen) atoms. The molecule has 0 bridgehead atoms. The van der Waals surface area contributed by atoms with Gasteiger partial charge < -0.3 is 5.11 Å². The van der Waals surface area contributed by atoms with Gasteiger partial charge in [0.1, 0.15) is 0 Å². The van der Waals surface area contributed by atoms with Crippen LogP contribution in [0.2, 0.25) is 0 Å². The predicted molar refractivity (Wildman–Crippen MR) is 92.4 cm³/mol. The lowest BCUT2D eigenvalue weighted by atomic mass is 9.61. The van der Waals surface area contributed by atoms with E-state index in [4.69, 9.17) is 0 Å². The van der Waals surface area contributed by atoms with Gasteiger partial charge >= 0.3 is 0 Å². The number of halogens is 1. The normalized spacial score (nSPS) is 30.6. The van der Waals surface area contributed by atoms with Crippen LogP contribution in [-0.4, -0.2) is 17.0 Å². The zero-order valence-corrected chi connectivity index (χ0v) is 14.6. The third-order valence-electron chi connectivity index (χ3n) is 5.21. The minimum atomic E-state index is -0.359. The van der Waals surface area contributed by atoms with Gasteiger partial charge in [0.15, 0.2) is 5.78 Å². The molecule has 1 aromatic rings. The van der Waals surface area contributed by atoms with Crippen molar-refractivity contribution in [1.29, 1.82) is 0 Å². The van der Waals surface area contributed by atoms with E-state index in [9.17, 15) is 9.90 Å². The van der Waals surface area contributed by atoms with Crippen LogP contribution in [0.25, 0.3) is 6.08 Å². The zero-order chi connectivity index (χ0) is 15.9. The molecular weight excluding hydrogens is 340 g/mol. The van der Waals surface area contributed by atoms with Crippen molar-refractivity contribution in [3.05, 3.63) is 51.0 Å². The summed E-state index contributed by atoms with van der Waals surface area (Å²) in [7, 11) is 0. The largest absolute Gasteiger partial charge is 0.392 e. The molecule has 2 nitrogen and oxygen atoms in total. The van der Waals surface area contributed by atoms with E-state index in [0.29, 0.717) is 6.42 Å². The van der Waals surface area contributed by atoms with E-state index in [1.807, 2.05) is 37.3 Å². The van der Waals surface area contributed by atoms with E-state index < -0.39 is 0 Å². The Morgan fingerprint density at radius 2 is 2.09 bits per heavy atom. The smallest absolute Gasteiger partial charge is 0.184 e. The fourth-order valence-corrected chi connectivity index (χ4v) is 4.27. The lowest BCUT2D eigenvalue weighted by Crippen LogP contribution is -2.42. The number of benzene rings is 1. The Kier molecular flexibility index (Phi) is 4.13. The summed E-state index contributed by atoms with van der Waals surface area (Å²) in [5, 5.41) is 10.5. The number of hydrogen-bond donors (Lipinski definition) is 1. The summed E-state index contributed by atoms with van der Waals surface area (Å²) in [5.41, 5.74) is 3.53. The first-order chi connectivity index (χ1) is 10.4. The summed E-state index contributed by atoms with van der Waals surface area (Å²) in [5.74, 6) is 0.136. The highest BCUT2D eigenvalue weighted by Crippen LogP contribution is 2.50. The monoisotopic (exact) mass is 360 g/mol. The van der Waals surface area contributed by atoms with Gasteiger partial charge in [0.2, 0.25) is 0 Å². The molecule has 116 valence electrons. The van der Waals surface area contributed by atoms with Gasteiger partial charge in [0.25, 0.3) is 0 Å². The van der Waals surface area contributed by atoms with Crippen molar-refractivity contribution in [3.63, 3.8) is 0 Å². The zero-order valence-electron chi connectivity index (χ0n) is 13.0. The van der Waals surface area contributed by atoms with Crippen LogP contribution in [0, 0.1) is 5.41 Å². The van der Waals surface area contributed by atoms with E-state index in [1.54, 1.807) is 0 Å². The van der Waals surface area contributed by atoms with Gasteiger partial charge in [0, 0.05) is 15.5 Å². The molecule has 0 amide bonds. The minimum Gasteiger partial charge on any atom is -0.392 e. The van der Waals surface area contributed by atoms with Gasteiger partial charge in [-0.05, 0) is 55.9 Å². The Bertz CT molecular complexity index is 686. The molecule has 2 aliphatic rings. The van der Waals surface area contributed by atoms with Crippen molar-refractivity contribution in [2.24, 2.45) is 5.41 Å². The van der Waals surface area contributed by atoms with Crippen molar-refractivity contribution in [1.82, 2.24) is 0 Å². The average Bonchev–Trinajstić information content (AvgIpc) is 2.49. The third-order valence-corrected chi connectivity index (χ3v) is 5.93. The molecule has 0 radical (unpaired) electrons. The Balaban J connectivity index is 2.08. The molecular formula is C19H21BrO2. The Morgan fingerprint density at radius 3 is 2.82 bits per heavy atom. The maximum Gasteiger partial charge on any atom is 0.184 e. The molecule has 0 saturated heterocycles. The SMILES string of the molecule is CC1=C2CCCC(O)[C@@]2(C)C/C(=C\c2ccccc2Br)C1=O. The van der Waals surface area contributed by atoms with E-state index >= 15 is 0 Å². The van der Waals surface area contributed by atoms with Crippen molar-refractivity contribution < 1.29 is 9.90 Å². The van der Waals surface area contributed by atoms with Gasteiger partial charge in [-0.1, -0.05) is 46.6 Å². The summed E-state index contributed by atoms with van der Waals surface area (Å²) in [6.45, 7) is 4.02. The highest BCUT2D eigenvalue weighted by molar-refractivity contribution is 9.10. The minimum absolute atomic E-state index is 0.136. The summed E-state index contributed by atoms with van der Waals surface area (Å²) in [6, 6.07) is 7.91. The second kappa shape index (κ2) is 5.78. The van der Waals surface area contributed by atoms with Gasteiger partial charge in [-0.2, -0.15) is 0 Å². The second-order valence-electron chi connectivity index (χ2n) is 6.63. The highest BCUT2D eigenvalue weighted by Gasteiger charge is 2.45. The van der Waals surface area contributed by atoms with Crippen LogP contribution in [-0.2, 0) is 4.79 Å². The fourth-order valence-electron chi connectivity index (χ4n) is 3.87. The van der Waals surface area contributed by atoms with Crippen LogP contribution in [0.5, 0.6) is 0 Å². The first-order valence-electron chi connectivity index (χ1n) is 7.81. The number of hydrogen-bond acceptors (Lipinski definition) is 2. The Labute approximate surface area is 140 Å². The summed E-state index contributed by atoms with van der Waals surface area (Å²) in [4.78, 5) is 12.7. The topological polar surface area (TPSA) is 37.3 Å². The maximum atomic E-state index is 12.7. The van der Waals surface area contributed by atoms with Gasteiger partial charge in [-0.3, -0.25) is 4.79 Å². The van der Waals surface area contributed by atoms with Crippen molar-refractivity contribution >= 4 is 27.8 Å². The molecule has 1 saturated carbocycles. The maximum absolute atomic E-state index is 12.7. The standard InChI is InChI=1S/C19H21BrO2/c1-12-15-7-5-9-17(21)19(15,2)11-14(18(12)22)10-13-6-3-4-8-16(13)20/h3-4,6,8,10,17,21H,5,7,9,11H2,1-2H3/b14-10+/t17?,19-/m0/s1. The average molecular weight is 361 g/mol. The number of carbonyl (C=O) groups excluding carboxylic acids is 1. The van der Waals surface area contributed by atoms with Crippen LogP contribution < -0.4 is 0 Å². The molecule has 1 aromatic carbocycles. The molecule has 3 rings (SSSR count). The number of rotatable bonds is 1. The number of aliphatic hydroxyl groups is 1. The van der Waals surface area contributed by atoms with Gasteiger partial charge in [-0.25, -0.2) is 0 Å². The van der Waals surface area contributed by atoms with Gasteiger partial charge in [-0.15, -0.1) is 0 Å². The Morgan fingerprint density at radius 1 is 1.36 bits per heavy atom. The summed E-state index contributed by atoms with van der Waals surface area (Å²) in [6.07, 6.45) is 4.97. The second-order valence-corrected chi connectivity index (χ2v) is 7.48. The number of Topliss-reactive ketones (excluding diaryl/α,β-unsaturated/α-hetero) is 1. The predicted octanol–water partition coefficient (Wildman–Crippen LogP) is 4.67. The summed E-state index contributed by atoms with van der Waals surface area (Å²) < 4.78 is 0.983. The van der Waals surface area contributed by atoms with Crippen molar-refractivity contribution in [2.75, 3.05) is 0 Å². The van der Waals surface area contributed by atoms with E-state index in [-0.39, 0.29) is 17.3 Å². The molecule has 0 spiro atoms. The van der Waals surface area contributed by atoms with E-state index in [0.717, 1.165) is 40.4 Å². The number of allylic oxidation sites excluding steroid dienone is 2. The fraction of sp³-hybridized carbons (Fsp3) is 0.421. The van der Waals surface area contributed by atoms with Crippen LogP contribution in [0.3, 0.4) is 0 Å². The molecule has 1 N–H and O–H groups in total. The lowest BCUT2D eigenvalue weighted by molar-refractivity contribution is -0.113. The molecule has 1 fully saturated rings. The van der Waals surface area contributed by atoms with Crippen LogP contribution >= 0.6 is 15.9 Å². The molecule has 0 aromatic heterocycles. The van der Waals surface area contributed by atoms with Crippen molar-refractivity contribution in [3.8, 4) is 0 Å². The number of carbonyl (C=O) groups is 1. The third kappa shape index (κ3) is 2.50. The number of ketones is 1. The van der Waals surface area contributed by atoms with E-state index in [1.165, 1.54) is 5.57 Å². The number of aliphatic hydroxyl groups excluding tert-OH is 1. The first-order valence-corrected chi connectivity index (χ1v) is 8.61. The van der Waals surface area contributed by atoms with Crippen LogP contribution in [0.1, 0.15) is 45.1 Å². The number of fused-ring (bicyclic) bond motifs is 1. The first kappa shape index (κ1) is 15.7. The highest BCUT2D eigenvalue weighted by atomic mass is 79.9. The van der Waals surface area contributed by atoms with Crippen molar-refractivity contribution in [2.45, 2.75) is 45.6 Å². The molecule has 1 unspecified atom stereocenters. The summed E-state index contributed by atoms with van der Waals surface area (Å²) >= 11 is 3.54. The molecule has 0 heterocycles. The van der Waals surface area contributed by atoms with Gasteiger partial charge in [0.05, 0.1) is 6.10 Å². The van der Waals surface area contributed by atoms with Crippen LogP contribution in [0.15, 0.2) is 45.5 Å². The molecule has 2 atom stereocenters. The Hall–Kier alpha value is -1.19. The molecule has 3 heteroatoms. The molecule has 2 aliphatic carbocycles. The molecule has 0 aliphatic heterocycles. The van der Waals surface area contributed by atoms with E-state index in [2.05, 4.69) is 22.9 Å². The van der Waals surface area contributed by atoms with Crippen LogP contribution in [0.4, 0.5) is 0 Å².